The fraction of sp³-hybridized carbons (Fsp3) is 0.529. The van der Waals surface area contributed by atoms with E-state index in [4.69, 9.17) is 11.6 Å². The highest BCUT2D eigenvalue weighted by atomic mass is 35.5. The van der Waals surface area contributed by atoms with Crippen LogP contribution >= 0.6 is 11.6 Å². The van der Waals surface area contributed by atoms with Gasteiger partial charge in [0.2, 0.25) is 0 Å². The second-order valence-corrected chi connectivity index (χ2v) is 5.79. The molecule has 0 aliphatic heterocycles. The largest absolute Gasteiger partial charge is 0.205 e. The standard InChI is InChI=1S/C17H22ClF/c1-3-5-12-6-8-14(9-7-12)15-11-10-13(4-2)16(18)17(15)19/h8,10-12H,3-7,9H2,1-2H3. The van der Waals surface area contributed by atoms with Crippen LogP contribution in [-0.4, -0.2) is 0 Å². The number of rotatable bonds is 4. The Balaban J connectivity index is 2.22. The van der Waals surface area contributed by atoms with Crippen LogP contribution in [0.2, 0.25) is 5.02 Å². The second-order valence-electron chi connectivity index (χ2n) is 5.41. The van der Waals surface area contributed by atoms with Gasteiger partial charge in [-0.05, 0) is 42.7 Å². The van der Waals surface area contributed by atoms with E-state index < -0.39 is 0 Å². The number of benzene rings is 1. The van der Waals surface area contributed by atoms with Gasteiger partial charge in [0.1, 0.15) is 5.82 Å². The van der Waals surface area contributed by atoms with E-state index in [0.29, 0.717) is 10.6 Å². The summed E-state index contributed by atoms with van der Waals surface area (Å²) in [5.74, 6) is 0.545. The predicted molar refractivity (Wildman–Crippen MR) is 81.0 cm³/mol. The van der Waals surface area contributed by atoms with Crippen LogP contribution in [0.25, 0.3) is 5.57 Å². The topological polar surface area (TPSA) is 0 Å². The molecule has 0 bridgehead atoms. The number of halogens is 2. The van der Waals surface area contributed by atoms with Crippen molar-refractivity contribution in [3.63, 3.8) is 0 Å². The summed E-state index contributed by atoms with van der Waals surface area (Å²) in [6.45, 7) is 4.22. The lowest BCUT2D eigenvalue weighted by molar-refractivity contribution is 0.444. The molecule has 0 nitrogen and oxygen atoms in total. The van der Waals surface area contributed by atoms with Gasteiger partial charge in [-0.1, -0.05) is 56.5 Å². The van der Waals surface area contributed by atoms with Crippen molar-refractivity contribution in [3.8, 4) is 0 Å². The van der Waals surface area contributed by atoms with Gasteiger partial charge in [0.25, 0.3) is 0 Å². The fourth-order valence-electron chi connectivity index (χ4n) is 2.91. The van der Waals surface area contributed by atoms with Gasteiger partial charge in [-0.25, -0.2) is 4.39 Å². The Morgan fingerprint density at radius 3 is 2.68 bits per heavy atom. The van der Waals surface area contributed by atoms with Crippen LogP contribution in [0.4, 0.5) is 4.39 Å². The molecule has 0 saturated heterocycles. The van der Waals surface area contributed by atoms with Crippen molar-refractivity contribution >= 4 is 17.2 Å². The molecule has 2 rings (SSSR count). The third-order valence-electron chi connectivity index (χ3n) is 4.11. The molecule has 104 valence electrons. The lowest BCUT2D eigenvalue weighted by Gasteiger charge is -2.22. The molecular formula is C17H22ClF. The maximum absolute atomic E-state index is 14.3. The van der Waals surface area contributed by atoms with Gasteiger partial charge in [0.15, 0.2) is 0 Å². The molecule has 0 aromatic heterocycles. The van der Waals surface area contributed by atoms with Crippen LogP contribution in [-0.2, 0) is 6.42 Å². The highest BCUT2D eigenvalue weighted by molar-refractivity contribution is 6.31. The molecule has 1 aromatic rings. The van der Waals surface area contributed by atoms with E-state index in [2.05, 4.69) is 13.0 Å². The minimum Gasteiger partial charge on any atom is -0.205 e. The maximum atomic E-state index is 14.3. The molecule has 1 atom stereocenters. The van der Waals surface area contributed by atoms with Gasteiger partial charge >= 0.3 is 0 Å². The molecule has 1 aromatic carbocycles. The third-order valence-corrected chi connectivity index (χ3v) is 4.51. The number of allylic oxidation sites excluding steroid dienone is 2. The summed E-state index contributed by atoms with van der Waals surface area (Å²) < 4.78 is 14.3. The highest BCUT2D eigenvalue weighted by Crippen LogP contribution is 2.35. The molecule has 0 saturated carbocycles. The Labute approximate surface area is 120 Å². The van der Waals surface area contributed by atoms with Gasteiger partial charge in [-0.15, -0.1) is 0 Å². The van der Waals surface area contributed by atoms with E-state index in [1.54, 1.807) is 0 Å². The summed E-state index contributed by atoms with van der Waals surface area (Å²) in [4.78, 5) is 0. The summed E-state index contributed by atoms with van der Waals surface area (Å²) in [6, 6.07) is 3.85. The van der Waals surface area contributed by atoms with E-state index in [0.717, 1.165) is 36.3 Å². The van der Waals surface area contributed by atoms with Crippen LogP contribution in [0.15, 0.2) is 18.2 Å². The minimum absolute atomic E-state index is 0.235. The van der Waals surface area contributed by atoms with Crippen LogP contribution in [0.3, 0.4) is 0 Å². The predicted octanol–water partition coefficient (Wildman–Crippen LogP) is 6.03. The van der Waals surface area contributed by atoms with Gasteiger partial charge in [0.05, 0.1) is 5.02 Å². The first kappa shape index (κ1) is 14.6. The molecule has 1 aliphatic rings. The fourth-order valence-corrected chi connectivity index (χ4v) is 3.21. The molecule has 0 heterocycles. The van der Waals surface area contributed by atoms with Crippen LogP contribution in [0, 0.1) is 11.7 Å². The molecule has 0 N–H and O–H groups in total. The van der Waals surface area contributed by atoms with E-state index in [-0.39, 0.29) is 5.82 Å². The third kappa shape index (κ3) is 3.20. The molecule has 2 heteroatoms. The smallest absolute Gasteiger partial charge is 0.149 e. The Hall–Kier alpha value is -0.820. The number of hydrogen-bond acceptors (Lipinski definition) is 0. The van der Waals surface area contributed by atoms with Crippen molar-refractivity contribution in [1.82, 2.24) is 0 Å². The van der Waals surface area contributed by atoms with Crippen LogP contribution in [0.1, 0.15) is 57.1 Å². The molecule has 0 spiro atoms. The molecule has 1 unspecified atom stereocenters. The van der Waals surface area contributed by atoms with Crippen molar-refractivity contribution in [1.29, 1.82) is 0 Å². The normalized spacial score (nSPS) is 19.4. The van der Waals surface area contributed by atoms with Gasteiger partial charge < -0.3 is 0 Å². The van der Waals surface area contributed by atoms with Crippen molar-refractivity contribution in [2.75, 3.05) is 0 Å². The Bertz CT molecular complexity index is 476. The Morgan fingerprint density at radius 2 is 2.11 bits per heavy atom. The van der Waals surface area contributed by atoms with Crippen molar-refractivity contribution in [2.45, 2.75) is 52.4 Å². The monoisotopic (exact) mass is 280 g/mol. The van der Waals surface area contributed by atoms with Crippen molar-refractivity contribution in [2.24, 2.45) is 5.92 Å². The van der Waals surface area contributed by atoms with Crippen molar-refractivity contribution in [3.05, 3.63) is 40.2 Å². The van der Waals surface area contributed by atoms with E-state index in [1.165, 1.54) is 19.3 Å². The second kappa shape index (κ2) is 6.56. The number of hydrogen-bond donors (Lipinski definition) is 0. The minimum atomic E-state index is -0.235. The van der Waals surface area contributed by atoms with E-state index >= 15 is 0 Å². The summed E-state index contributed by atoms with van der Waals surface area (Å²) in [5.41, 5.74) is 2.73. The molecule has 1 aliphatic carbocycles. The zero-order valence-electron chi connectivity index (χ0n) is 11.8. The first-order valence-electron chi connectivity index (χ1n) is 7.33. The van der Waals surface area contributed by atoms with Gasteiger partial charge in [-0.2, -0.15) is 0 Å². The summed E-state index contributed by atoms with van der Waals surface area (Å²) in [6.07, 6.45) is 8.73. The van der Waals surface area contributed by atoms with E-state index in [9.17, 15) is 4.39 Å². The number of aryl methyl sites for hydroxylation is 1. The SMILES string of the molecule is CCCC1CC=C(c2ccc(CC)c(Cl)c2F)CC1. The summed E-state index contributed by atoms with van der Waals surface area (Å²) in [7, 11) is 0. The molecule has 0 amide bonds. The van der Waals surface area contributed by atoms with E-state index in [1.807, 2.05) is 19.1 Å². The average Bonchev–Trinajstić information content (AvgIpc) is 2.43. The van der Waals surface area contributed by atoms with Crippen LogP contribution in [0.5, 0.6) is 0 Å². The first-order chi connectivity index (χ1) is 9.17. The highest BCUT2D eigenvalue weighted by Gasteiger charge is 2.18. The zero-order chi connectivity index (χ0) is 13.8. The van der Waals surface area contributed by atoms with Crippen molar-refractivity contribution < 1.29 is 4.39 Å². The first-order valence-corrected chi connectivity index (χ1v) is 7.71. The quantitative estimate of drug-likeness (QED) is 0.632. The molecular weight excluding hydrogens is 259 g/mol. The lowest BCUT2D eigenvalue weighted by atomic mass is 9.84. The molecule has 0 radical (unpaired) electrons. The summed E-state index contributed by atoms with van der Waals surface area (Å²) >= 11 is 6.09. The molecule has 0 fully saturated rings. The van der Waals surface area contributed by atoms with Crippen LogP contribution < -0.4 is 0 Å². The maximum Gasteiger partial charge on any atom is 0.149 e. The Morgan fingerprint density at radius 1 is 1.32 bits per heavy atom. The summed E-state index contributed by atoms with van der Waals surface area (Å²) in [5, 5.41) is 0.302. The average molecular weight is 281 g/mol. The Kier molecular flexibility index (Phi) is 5.04. The van der Waals surface area contributed by atoms with Gasteiger partial charge in [-0.3, -0.25) is 0 Å². The molecule has 19 heavy (non-hydrogen) atoms. The lowest BCUT2D eigenvalue weighted by Crippen LogP contribution is -2.06. The zero-order valence-corrected chi connectivity index (χ0v) is 12.6. The van der Waals surface area contributed by atoms with Gasteiger partial charge in [0, 0.05) is 5.56 Å².